The summed E-state index contributed by atoms with van der Waals surface area (Å²) in [7, 11) is -0.810. The highest BCUT2D eigenvalue weighted by Gasteiger charge is 2.38. The van der Waals surface area contributed by atoms with Crippen molar-refractivity contribution in [1.82, 2.24) is 0 Å². The maximum Gasteiger partial charge on any atom is 0.223 e. The molecule has 0 amide bonds. The highest BCUT2D eigenvalue weighted by molar-refractivity contribution is 6.58. The molecule has 0 heterocycles. The molecule has 0 bridgehead atoms. The first-order valence-corrected chi connectivity index (χ1v) is 6.22. The van der Waals surface area contributed by atoms with Crippen LogP contribution in [0.5, 0.6) is 0 Å². The van der Waals surface area contributed by atoms with Crippen LogP contribution in [0, 0.1) is 0 Å². The van der Waals surface area contributed by atoms with Crippen LogP contribution >= 0.6 is 0 Å². The number of hydrogen-bond acceptors (Lipinski definition) is 1. The third-order valence-corrected chi connectivity index (χ3v) is 4.89. The standard InChI is InChI=1S/C11H23OSi/c1-8-9-12-13(10(2,3)4)11(5,6)7/h8H,1,9H2,2-7H3. The van der Waals surface area contributed by atoms with Gasteiger partial charge in [-0.3, -0.25) is 0 Å². The molecule has 0 spiro atoms. The minimum absolute atomic E-state index is 0.284. The fourth-order valence-electron chi connectivity index (χ4n) is 1.70. The lowest BCUT2D eigenvalue weighted by Crippen LogP contribution is -2.38. The van der Waals surface area contributed by atoms with Crippen molar-refractivity contribution in [3.8, 4) is 0 Å². The van der Waals surface area contributed by atoms with Crippen molar-refractivity contribution in [1.29, 1.82) is 0 Å². The van der Waals surface area contributed by atoms with Crippen molar-refractivity contribution in [2.75, 3.05) is 6.61 Å². The van der Waals surface area contributed by atoms with Gasteiger partial charge in [0, 0.05) is 0 Å². The molecule has 0 aromatic rings. The molecule has 0 N–H and O–H groups in total. The van der Waals surface area contributed by atoms with Crippen molar-refractivity contribution < 1.29 is 4.43 Å². The van der Waals surface area contributed by atoms with Gasteiger partial charge in [0.1, 0.15) is 0 Å². The summed E-state index contributed by atoms with van der Waals surface area (Å²) in [5, 5.41) is 0.567. The Morgan fingerprint density at radius 1 is 1.08 bits per heavy atom. The van der Waals surface area contributed by atoms with E-state index in [1.54, 1.807) is 0 Å². The normalized spacial score (nSPS) is 13.5. The van der Waals surface area contributed by atoms with Crippen LogP contribution in [0.3, 0.4) is 0 Å². The van der Waals surface area contributed by atoms with E-state index in [1.165, 1.54) is 0 Å². The minimum Gasteiger partial charge on any atom is -0.412 e. The molecule has 2 heteroatoms. The van der Waals surface area contributed by atoms with E-state index in [0.717, 1.165) is 0 Å². The second-order valence-electron chi connectivity index (χ2n) is 5.43. The van der Waals surface area contributed by atoms with E-state index in [1.807, 2.05) is 6.08 Å². The van der Waals surface area contributed by atoms with Gasteiger partial charge in [0.2, 0.25) is 9.04 Å². The molecule has 0 fully saturated rings. The Bertz CT molecular complexity index is 148. The second kappa shape index (κ2) is 4.42. The van der Waals surface area contributed by atoms with E-state index in [9.17, 15) is 0 Å². The summed E-state index contributed by atoms with van der Waals surface area (Å²) in [6.45, 7) is 17.9. The van der Waals surface area contributed by atoms with E-state index in [4.69, 9.17) is 4.43 Å². The van der Waals surface area contributed by atoms with Gasteiger partial charge in [0.15, 0.2) is 0 Å². The molecule has 1 radical (unpaired) electrons. The van der Waals surface area contributed by atoms with Gasteiger partial charge in [-0.2, -0.15) is 0 Å². The average Bonchev–Trinajstić information content (AvgIpc) is 1.81. The summed E-state index contributed by atoms with van der Waals surface area (Å²) in [6, 6.07) is 0. The van der Waals surface area contributed by atoms with E-state index in [0.29, 0.717) is 6.61 Å². The van der Waals surface area contributed by atoms with Crippen LogP contribution in [-0.2, 0) is 4.43 Å². The van der Waals surface area contributed by atoms with Crippen molar-refractivity contribution in [2.24, 2.45) is 0 Å². The van der Waals surface area contributed by atoms with Gasteiger partial charge in [-0.25, -0.2) is 0 Å². The lowest BCUT2D eigenvalue weighted by Gasteiger charge is -2.37. The quantitative estimate of drug-likeness (QED) is 0.496. The number of rotatable bonds is 3. The molecule has 0 atom stereocenters. The zero-order valence-electron chi connectivity index (χ0n) is 9.90. The van der Waals surface area contributed by atoms with Crippen molar-refractivity contribution >= 4 is 9.04 Å². The Hall–Kier alpha value is -0.0831. The average molecular weight is 199 g/mol. The molecule has 0 aromatic heterocycles. The summed E-state index contributed by atoms with van der Waals surface area (Å²) in [5.74, 6) is 0. The monoisotopic (exact) mass is 199 g/mol. The third-order valence-electron chi connectivity index (χ3n) is 1.71. The highest BCUT2D eigenvalue weighted by Crippen LogP contribution is 2.42. The summed E-state index contributed by atoms with van der Waals surface area (Å²) in [6.07, 6.45) is 1.84. The third kappa shape index (κ3) is 4.63. The van der Waals surface area contributed by atoms with Crippen molar-refractivity contribution in [2.45, 2.75) is 51.6 Å². The van der Waals surface area contributed by atoms with Gasteiger partial charge < -0.3 is 4.43 Å². The van der Waals surface area contributed by atoms with Crippen LogP contribution in [0.15, 0.2) is 12.7 Å². The molecule has 0 unspecified atom stereocenters. The second-order valence-corrected chi connectivity index (χ2v) is 9.38. The van der Waals surface area contributed by atoms with Crippen LogP contribution in [0.25, 0.3) is 0 Å². The zero-order valence-corrected chi connectivity index (χ0v) is 10.9. The summed E-state index contributed by atoms with van der Waals surface area (Å²) in [5.41, 5.74) is 0. The molecule has 0 aliphatic carbocycles. The van der Waals surface area contributed by atoms with Gasteiger partial charge in [0.05, 0.1) is 6.61 Å². The molecule has 0 rings (SSSR count). The lowest BCUT2D eigenvalue weighted by atomic mass is 10.2. The fourth-order valence-corrected chi connectivity index (χ4v) is 5.10. The molecule has 13 heavy (non-hydrogen) atoms. The Balaban J connectivity index is 4.47. The Morgan fingerprint density at radius 3 is 1.69 bits per heavy atom. The highest BCUT2D eigenvalue weighted by atomic mass is 28.3. The summed E-state index contributed by atoms with van der Waals surface area (Å²) in [4.78, 5) is 0. The maximum atomic E-state index is 5.90. The van der Waals surface area contributed by atoms with E-state index >= 15 is 0 Å². The van der Waals surface area contributed by atoms with Crippen LogP contribution in [-0.4, -0.2) is 15.6 Å². The van der Waals surface area contributed by atoms with Crippen LogP contribution in [0.2, 0.25) is 10.1 Å². The molecular formula is C11H23OSi. The predicted octanol–water partition coefficient (Wildman–Crippen LogP) is 3.78. The van der Waals surface area contributed by atoms with Crippen molar-refractivity contribution in [3.63, 3.8) is 0 Å². The van der Waals surface area contributed by atoms with Crippen LogP contribution in [0.4, 0.5) is 0 Å². The molecule has 0 saturated heterocycles. The molecule has 0 saturated carbocycles. The first kappa shape index (κ1) is 12.9. The Morgan fingerprint density at radius 2 is 1.46 bits per heavy atom. The molecule has 0 aliphatic heterocycles. The summed E-state index contributed by atoms with van der Waals surface area (Å²) < 4.78 is 5.90. The smallest absolute Gasteiger partial charge is 0.223 e. The van der Waals surface area contributed by atoms with Crippen LogP contribution in [0.1, 0.15) is 41.5 Å². The SMILES string of the molecule is C=CCO[Si](C(C)(C)C)C(C)(C)C. The van der Waals surface area contributed by atoms with Gasteiger partial charge in [-0.15, -0.1) is 6.58 Å². The molecule has 0 aromatic carbocycles. The van der Waals surface area contributed by atoms with Gasteiger partial charge in [-0.05, 0) is 10.1 Å². The molecular weight excluding hydrogens is 176 g/mol. The molecule has 1 nitrogen and oxygen atoms in total. The van der Waals surface area contributed by atoms with E-state index in [2.05, 4.69) is 48.1 Å². The predicted molar refractivity (Wildman–Crippen MR) is 61.3 cm³/mol. The van der Waals surface area contributed by atoms with Gasteiger partial charge in [-0.1, -0.05) is 47.6 Å². The van der Waals surface area contributed by atoms with Gasteiger partial charge in [0.25, 0.3) is 0 Å². The number of hydrogen-bond donors (Lipinski definition) is 0. The fraction of sp³-hybridized carbons (Fsp3) is 0.818. The first-order chi connectivity index (χ1) is 5.69. The lowest BCUT2D eigenvalue weighted by molar-refractivity contribution is 0.319. The minimum atomic E-state index is -0.810. The molecule has 77 valence electrons. The van der Waals surface area contributed by atoms with Gasteiger partial charge >= 0.3 is 0 Å². The first-order valence-electron chi connectivity index (χ1n) is 4.81. The largest absolute Gasteiger partial charge is 0.412 e. The van der Waals surface area contributed by atoms with E-state index < -0.39 is 9.04 Å². The Kier molecular flexibility index (Phi) is 4.40. The summed E-state index contributed by atoms with van der Waals surface area (Å²) >= 11 is 0. The zero-order chi connectivity index (χ0) is 10.7. The Labute approximate surface area is 84.9 Å². The van der Waals surface area contributed by atoms with Crippen LogP contribution < -0.4 is 0 Å². The maximum absolute atomic E-state index is 5.90. The van der Waals surface area contributed by atoms with E-state index in [-0.39, 0.29) is 10.1 Å². The van der Waals surface area contributed by atoms with Crippen molar-refractivity contribution in [3.05, 3.63) is 12.7 Å². The molecule has 0 aliphatic rings. The topological polar surface area (TPSA) is 9.23 Å².